The van der Waals surface area contributed by atoms with Crippen molar-refractivity contribution in [3.8, 4) is 17.1 Å². The Morgan fingerprint density at radius 2 is 2.19 bits per heavy atom. The molecule has 2 atom stereocenters. The van der Waals surface area contributed by atoms with Crippen LogP contribution in [-0.2, 0) is 15.9 Å². The minimum absolute atomic E-state index is 0.0593. The topological polar surface area (TPSA) is 79.7 Å². The molecule has 0 spiro atoms. The lowest BCUT2D eigenvalue weighted by Crippen LogP contribution is -2.29. The van der Waals surface area contributed by atoms with Crippen LogP contribution in [0.4, 0.5) is 13.2 Å². The molecule has 0 aromatic carbocycles. The first kappa shape index (κ1) is 21.4. The number of nitrogens with zero attached hydrogens (tertiary/aromatic N) is 2. The first-order valence-corrected chi connectivity index (χ1v) is 9.87. The summed E-state index contributed by atoms with van der Waals surface area (Å²) in [6.07, 6.45) is -0.667. The van der Waals surface area contributed by atoms with Gasteiger partial charge in [-0.25, -0.2) is 22.9 Å². The molecule has 0 bridgehead atoms. The number of aromatic nitrogens is 2. The highest BCUT2D eigenvalue weighted by Gasteiger charge is 2.32. The van der Waals surface area contributed by atoms with Gasteiger partial charge in [-0.1, -0.05) is 0 Å². The van der Waals surface area contributed by atoms with Crippen LogP contribution in [0.5, 0.6) is 5.75 Å². The van der Waals surface area contributed by atoms with Gasteiger partial charge in [0.25, 0.3) is 6.43 Å². The van der Waals surface area contributed by atoms with Crippen LogP contribution in [0, 0.1) is 11.7 Å². The number of carbonyl (C=O) groups is 1. The summed E-state index contributed by atoms with van der Waals surface area (Å²) in [5.74, 6) is -2.16. The second-order valence-electron chi connectivity index (χ2n) is 7.71. The molecule has 2 aromatic heterocycles. The number of hydrogen-bond donors (Lipinski definition) is 0. The SMILES string of the molecule is COC(=O)c1cn2c(c(F)c1=O)-c1nc(C(F)F)c(OCC3CCOC3)cc1CC2C. The molecule has 2 aliphatic rings. The normalized spacial score (nSPS) is 19.8. The summed E-state index contributed by atoms with van der Waals surface area (Å²) in [5, 5.41) is 0. The van der Waals surface area contributed by atoms with E-state index >= 15 is 4.39 Å². The largest absolute Gasteiger partial charge is 0.491 e. The van der Waals surface area contributed by atoms with Gasteiger partial charge in [0.15, 0.2) is 5.82 Å². The number of esters is 1. The number of alkyl halides is 2. The fourth-order valence-corrected chi connectivity index (χ4v) is 3.95. The van der Waals surface area contributed by atoms with Gasteiger partial charge in [-0.2, -0.15) is 0 Å². The molecule has 0 N–H and O–H groups in total. The van der Waals surface area contributed by atoms with E-state index in [2.05, 4.69) is 9.72 Å². The van der Waals surface area contributed by atoms with Gasteiger partial charge < -0.3 is 18.8 Å². The van der Waals surface area contributed by atoms with Gasteiger partial charge in [0.2, 0.25) is 5.43 Å². The Kier molecular flexibility index (Phi) is 5.74. The van der Waals surface area contributed by atoms with Gasteiger partial charge in [-0.3, -0.25) is 4.79 Å². The first-order chi connectivity index (χ1) is 14.8. The van der Waals surface area contributed by atoms with E-state index in [1.54, 1.807) is 6.92 Å². The Morgan fingerprint density at radius 3 is 2.84 bits per heavy atom. The Hall–Kier alpha value is -2.88. The van der Waals surface area contributed by atoms with Gasteiger partial charge in [0.1, 0.15) is 22.7 Å². The summed E-state index contributed by atoms with van der Waals surface area (Å²) in [6.45, 7) is 3.08. The van der Waals surface area contributed by atoms with Crippen molar-refractivity contribution in [3.05, 3.63) is 45.1 Å². The molecular formula is C21H21F3N2O5. The van der Waals surface area contributed by atoms with E-state index in [-0.39, 0.29) is 35.7 Å². The zero-order chi connectivity index (χ0) is 22.3. The maximum absolute atomic E-state index is 15.1. The molecule has 10 heteroatoms. The molecule has 0 aliphatic carbocycles. The molecule has 2 unspecified atom stereocenters. The maximum Gasteiger partial charge on any atom is 0.343 e. The number of carbonyl (C=O) groups excluding carboxylic acids is 1. The molecule has 4 rings (SSSR count). The number of pyridine rings is 2. The maximum atomic E-state index is 15.1. The number of halogens is 3. The molecular weight excluding hydrogens is 417 g/mol. The molecule has 0 radical (unpaired) electrons. The Morgan fingerprint density at radius 1 is 1.42 bits per heavy atom. The van der Waals surface area contributed by atoms with Crippen LogP contribution in [0.1, 0.15) is 47.4 Å². The van der Waals surface area contributed by atoms with Crippen molar-refractivity contribution in [2.75, 3.05) is 26.9 Å². The van der Waals surface area contributed by atoms with Crippen LogP contribution >= 0.6 is 0 Å². The second-order valence-corrected chi connectivity index (χ2v) is 7.71. The van der Waals surface area contributed by atoms with Crippen LogP contribution in [0.25, 0.3) is 11.4 Å². The summed E-state index contributed by atoms with van der Waals surface area (Å²) >= 11 is 0. The molecule has 1 fully saturated rings. The predicted octanol–water partition coefficient (Wildman–Crippen LogP) is 3.31. The lowest BCUT2D eigenvalue weighted by Gasteiger charge is -2.29. The fourth-order valence-electron chi connectivity index (χ4n) is 3.95. The molecule has 7 nitrogen and oxygen atoms in total. The smallest absolute Gasteiger partial charge is 0.343 e. The standard InChI is InChI=1S/C21H21F3N2O5/c1-10-5-12-6-14(31-9-11-3-4-30-8-11)17(20(23)24)25-16(12)18-15(22)19(27)13(7-26(10)18)21(28)29-2/h6-7,10-11,20H,3-5,8-9H2,1-2H3. The van der Waals surface area contributed by atoms with Gasteiger partial charge in [0, 0.05) is 24.8 Å². The first-order valence-electron chi connectivity index (χ1n) is 9.87. The van der Waals surface area contributed by atoms with Crippen LogP contribution < -0.4 is 10.2 Å². The summed E-state index contributed by atoms with van der Waals surface area (Å²) in [5.41, 5.74) is -2.06. The van der Waals surface area contributed by atoms with Crippen molar-refractivity contribution in [1.82, 2.24) is 9.55 Å². The third kappa shape index (κ3) is 3.80. The van der Waals surface area contributed by atoms with Crippen LogP contribution in [0.2, 0.25) is 0 Å². The minimum Gasteiger partial charge on any atom is -0.491 e. The molecule has 31 heavy (non-hydrogen) atoms. The fraction of sp³-hybridized carbons (Fsp3) is 0.476. The average molecular weight is 438 g/mol. The highest BCUT2D eigenvalue weighted by Crippen LogP contribution is 2.39. The van der Waals surface area contributed by atoms with Gasteiger partial charge >= 0.3 is 5.97 Å². The van der Waals surface area contributed by atoms with Gasteiger partial charge in [-0.05, 0) is 31.4 Å². The van der Waals surface area contributed by atoms with E-state index < -0.39 is 34.9 Å². The van der Waals surface area contributed by atoms with Crippen molar-refractivity contribution in [1.29, 1.82) is 0 Å². The Balaban J connectivity index is 1.81. The number of hydrogen-bond acceptors (Lipinski definition) is 6. The van der Waals surface area contributed by atoms with Crippen molar-refractivity contribution < 1.29 is 32.2 Å². The molecule has 0 saturated carbocycles. The Labute approximate surface area is 175 Å². The van der Waals surface area contributed by atoms with Crippen molar-refractivity contribution in [2.45, 2.75) is 32.2 Å². The summed E-state index contributed by atoms with van der Waals surface area (Å²) in [7, 11) is 1.08. The highest BCUT2D eigenvalue weighted by atomic mass is 19.3. The van der Waals surface area contributed by atoms with E-state index in [0.29, 0.717) is 25.2 Å². The van der Waals surface area contributed by atoms with E-state index in [1.807, 2.05) is 0 Å². The number of rotatable bonds is 5. The van der Waals surface area contributed by atoms with Crippen molar-refractivity contribution in [3.63, 3.8) is 0 Å². The second kappa shape index (κ2) is 8.33. The lowest BCUT2D eigenvalue weighted by atomic mass is 9.95. The number of methoxy groups -OCH3 is 1. The van der Waals surface area contributed by atoms with E-state index in [1.165, 1.54) is 16.8 Å². The summed E-state index contributed by atoms with van der Waals surface area (Å²) < 4.78 is 59.4. The average Bonchev–Trinajstić information content (AvgIpc) is 3.27. The lowest BCUT2D eigenvalue weighted by molar-refractivity contribution is 0.0597. The van der Waals surface area contributed by atoms with Crippen LogP contribution in [-0.4, -0.2) is 42.5 Å². The molecule has 1 saturated heterocycles. The van der Waals surface area contributed by atoms with Gasteiger partial charge in [0.05, 0.1) is 26.0 Å². The monoisotopic (exact) mass is 438 g/mol. The van der Waals surface area contributed by atoms with E-state index in [0.717, 1.165) is 13.5 Å². The quantitative estimate of drug-likeness (QED) is 0.667. The molecule has 4 heterocycles. The van der Waals surface area contributed by atoms with Crippen LogP contribution in [0.3, 0.4) is 0 Å². The number of ether oxygens (including phenoxy) is 3. The third-order valence-corrected chi connectivity index (χ3v) is 5.60. The molecule has 2 aromatic rings. The van der Waals surface area contributed by atoms with Gasteiger partial charge in [-0.15, -0.1) is 0 Å². The Bertz CT molecular complexity index is 1080. The van der Waals surface area contributed by atoms with E-state index in [9.17, 15) is 18.4 Å². The van der Waals surface area contributed by atoms with Crippen molar-refractivity contribution >= 4 is 5.97 Å². The number of fused-ring (bicyclic) bond motifs is 3. The zero-order valence-corrected chi connectivity index (χ0v) is 17.0. The summed E-state index contributed by atoms with van der Waals surface area (Å²) in [4.78, 5) is 28.3. The van der Waals surface area contributed by atoms with E-state index in [4.69, 9.17) is 9.47 Å². The molecule has 2 aliphatic heterocycles. The highest BCUT2D eigenvalue weighted by molar-refractivity contribution is 5.89. The third-order valence-electron chi connectivity index (χ3n) is 5.60. The molecule has 0 amide bonds. The zero-order valence-electron chi connectivity index (χ0n) is 17.0. The molecule has 166 valence electrons. The van der Waals surface area contributed by atoms with Crippen molar-refractivity contribution in [2.24, 2.45) is 5.92 Å². The predicted molar refractivity (Wildman–Crippen MR) is 103 cm³/mol. The minimum atomic E-state index is -2.96. The van der Waals surface area contributed by atoms with Crippen LogP contribution in [0.15, 0.2) is 17.1 Å². The summed E-state index contributed by atoms with van der Waals surface area (Å²) in [6, 6.07) is 1.08.